The molecule has 2 aliphatic carbocycles. The quantitative estimate of drug-likeness (QED) is 0.880. The molecule has 0 aliphatic heterocycles. The Bertz CT molecular complexity index is 747. The third kappa shape index (κ3) is 2.12. The van der Waals surface area contributed by atoms with E-state index in [1.54, 1.807) is 12.4 Å². The summed E-state index contributed by atoms with van der Waals surface area (Å²) in [4.78, 5) is 21.3. The Labute approximate surface area is 129 Å². The highest BCUT2D eigenvalue weighted by Crippen LogP contribution is 2.42. The van der Waals surface area contributed by atoms with Crippen molar-refractivity contribution in [1.29, 1.82) is 0 Å². The summed E-state index contributed by atoms with van der Waals surface area (Å²) < 4.78 is 1.48. The van der Waals surface area contributed by atoms with Gasteiger partial charge in [0.25, 0.3) is 0 Å². The van der Waals surface area contributed by atoms with E-state index in [1.807, 2.05) is 0 Å². The summed E-state index contributed by atoms with van der Waals surface area (Å²) in [7, 11) is 0. The number of imidazole rings is 1. The second-order valence-electron chi connectivity index (χ2n) is 7.11. The minimum Gasteiger partial charge on any atom is -0.307 e. The minimum absolute atomic E-state index is 0.148. The Hall–Kier alpha value is -2.17. The van der Waals surface area contributed by atoms with Gasteiger partial charge >= 0.3 is 6.03 Å². The Kier molecular flexibility index (Phi) is 2.86. The summed E-state index contributed by atoms with van der Waals surface area (Å²) in [6.45, 7) is 4.53. The van der Waals surface area contributed by atoms with Crippen molar-refractivity contribution in [2.24, 2.45) is 5.41 Å². The summed E-state index contributed by atoms with van der Waals surface area (Å²) >= 11 is 0. The third-order valence-corrected chi connectivity index (χ3v) is 4.68. The zero-order valence-corrected chi connectivity index (χ0v) is 13.0. The Morgan fingerprint density at radius 1 is 1.23 bits per heavy atom. The molecule has 0 spiro atoms. The second kappa shape index (κ2) is 4.66. The molecule has 0 unspecified atom stereocenters. The Morgan fingerprint density at radius 3 is 2.86 bits per heavy atom. The van der Waals surface area contributed by atoms with Crippen LogP contribution in [0.3, 0.4) is 0 Å². The van der Waals surface area contributed by atoms with Crippen LogP contribution in [0.25, 0.3) is 0 Å². The van der Waals surface area contributed by atoms with Gasteiger partial charge in [0.2, 0.25) is 0 Å². The molecule has 22 heavy (non-hydrogen) atoms. The number of amides is 1. The summed E-state index contributed by atoms with van der Waals surface area (Å²) in [5, 5.41) is 3.13. The van der Waals surface area contributed by atoms with Crippen molar-refractivity contribution >= 4 is 11.7 Å². The minimum atomic E-state index is -0.148. The largest absolute Gasteiger partial charge is 0.331 e. The number of fused-ring (bicyclic) bond motifs is 2. The zero-order chi connectivity index (χ0) is 15.3. The Morgan fingerprint density at radius 2 is 2.09 bits per heavy atom. The van der Waals surface area contributed by atoms with E-state index in [1.165, 1.54) is 33.4 Å². The molecule has 1 N–H and O–H groups in total. The van der Waals surface area contributed by atoms with Crippen LogP contribution in [0.15, 0.2) is 18.7 Å². The van der Waals surface area contributed by atoms with Crippen LogP contribution in [0, 0.1) is 5.41 Å². The molecule has 0 saturated heterocycles. The number of carbonyl (C=O) groups is 1. The molecule has 0 radical (unpaired) electrons. The maximum atomic E-state index is 12.4. The number of aromatic nitrogens is 3. The SMILES string of the molecule is CC1(C)Cc2nc3c(c(NC(=O)n4ccnc4)c2C1)CCC3. The van der Waals surface area contributed by atoms with Crippen LogP contribution < -0.4 is 5.32 Å². The third-order valence-electron chi connectivity index (χ3n) is 4.68. The molecule has 4 rings (SSSR count). The average Bonchev–Trinajstić information content (AvgIpc) is 3.15. The van der Waals surface area contributed by atoms with E-state index < -0.39 is 0 Å². The summed E-state index contributed by atoms with van der Waals surface area (Å²) in [6, 6.07) is -0.148. The first kappa shape index (κ1) is 13.5. The van der Waals surface area contributed by atoms with E-state index in [9.17, 15) is 4.79 Å². The molecule has 2 aromatic heterocycles. The van der Waals surface area contributed by atoms with Gasteiger partial charge in [-0.2, -0.15) is 0 Å². The van der Waals surface area contributed by atoms with Gasteiger partial charge in [-0.15, -0.1) is 0 Å². The molecule has 5 nitrogen and oxygen atoms in total. The number of nitrogens with zero attached hydrogens (tertiary/aromatic N) is 3. The highest BCUT2D eigenvalue weighted by Gasteiger charge is 2.35. The van der Waals surface area contributed by atoms with Crippen LogP contribution >= 0.6 is 0 Å². The topological polar surface area (TPSA) is 59.8 Å². The standard InChI is InChI=1S/C17H20N4O/c1-17(2)8-12-14(9-17)19-13-5-3-4-11(13)15(12)20-16(22)21-7-6-18-10-21/h6-7,10H,3-5,8-9H2,1-2H3,(H,19,20,22). The van der Waals surface area contributed by atoms with Crippen molar-refractivity contribution in [3.8, 4) is 0 Å². The normalized spacial score (nSPS) is 18.1. The first-order chi connectivity index (χ1) is 10.5. The van der Waals surface area contributed by atoms with Gasteiger partial charge in [0.1, 0.15) is 6.33 Å². The van der Waals surface area contributed by atoms with Crippen molar-refractivity contribution in [2.75, 3.05) is 5.32 Å². The monoisotopic (exact) mass is 296 g/mol. The first-order valence-electron chi connectivity index (χ1n) is 7.86. The fourth-order valence-electron chi connectivity index (χ4n) is 3.71. The van der Waals surface area contributed by atoms with Crippen molar-refractivity contribution in [2.45, 2.75) is 46.0 Å². The lowest BCUT2D eigenvalue weighted by Crippen LogP contribution is -2.20. The molecule has 0 bridgehead atoms. The van der Waals surface area contributed by atoms with Gasteiger partial charge < -0.3 is 5.32 Å². The molecule has 0 saturated carbocycles. The van der Waals surface area contributed by atoms with Gasteiger partial charge in [-0.05, 0) is 48.6 Å². The van der Waals surface area contributed by atoms with Crippen LogP contribution in [0.4, 0.5) is 10.5 Å². The molecule has 1 amide bonds. The highest BCUT2D eigenvalue weighted by molar-refractivity contribution is 5.93. The molecule has 2 aromatic rings. The van der Waals surface area contributed by atoms with Crippen LogP contribution in [0.5, 0.6) is 0 Å². The van der Waals surface area contributed by atoms with E-state index in [0.29, 0.717) is 0 Å². The summed E-state index contributed by atoms with van der Waals surface area (Å²) in [5.41, 5.74) is 6.06. The van der Waals surface area contributed by atoms with Gasteiger partial charge in [0, 0.05) is 23.8 Å². The second-order valence-corrected chi connectivity index (χ2v) is 7.11. The van der Waals surface area contributed by atoms with Crippen molar-refractivity contribution < 1.29 is 4.79 Å². The van der Waals surface area contributed by atoms with Crippen LogP contribution in [0.1, 0.15) is 42.8 Å². The predicted molar refractivity (Wildman–Crippen MR) is 84.1 cm³/mol. The first-order valence-corrected chi connectivity index (χ1v) is 7.86. The molecule has 0 fully saturated rings. The zero-order valence-electron chi connectivity index (χ0n) is 13.0. The number of hydrogen-bond acceptors (Lipinski definition) is 3. The summed E-state index contributed by atoms with van der Waals surface area (Å²) in [5.74, 6) is 0. The van der Waals surface area contributed by atoms with Gasteiger partial charge in [0.15, 0.2) is 0 Å². The van der Waals surface area contributed by atoms with Gasteiger partial charge in [-0.3, -0.25) is 9.55 Å². The lowest BCUT2D eigenvalue weighted by Gasteiger charge is -2.17. The Balaban J connectivity index is 1.77. The molecular weight excluding hydrogens is 276 g/mol. The maximum absolute atomic E-state index is 12.4. The molecule has 2 aliphatic rings. The molecule has 0 aromatic carbocycles. The van der Waals surface area contributed by atoms with E-state index in [-0.39, 0.29) is 11.4 Å². The molecule has 0 atom stereocenters. The number of anilines is 1. The van der Waals surface area contributed by atoms with Gasteiger partial charge in [0.05, 0.1) is 5.69 Å². The van der Waals surface area contributed by atoms with Crippen molar-refractivity contribution in [1.82, 2.24) is 14.5 Å². The van der Waals surface area contributed by atoms with E-state index >= 15 is 0 Å². The van der Waals surface area contributed by atoms with E-state index in [4.69, 9.17) is 4.98 Å². The lowest BCUT2D eigenvalue weighted by atomic mass is 9.90. The van der Waals surface area contributed by atoms with Gasteiger partial charge in [-0.1, -0.05) is 13.8 Å². The number of aryl methyl sites for hydroxylation is 1. The molecule has 5 heteroatoms. The van der Waals surface area contributed by atoms with Gasteiger partial charge in [-0.25, -0.2) is 9.78 Å². The van der Waals surface area contributed by atoms with E-state index in [0.717, 1.165) is 37.8 Å². The summed E-state index contributed by atoms with van der Waals surface area (Å²) in [6.07, 6.45) is 9.94. The number of carbonyl (C=O) groups excluding carboxylic acids is 1. The lowest BCUT2D eigenvalue weighted by molar-refractivity contribution is 0.253. The molecule has 114 valence electrons. The predicted octanol–water partition coefficient (Wildman–Crippen LogP) is 2.97. The highest BCUT2D eigenvalue weighted by atomic mass is 16.2. The van der Waals surface area contributed by atoms with Crippen molar-refractivity contribution in [3.05, 3.63) is 41.2 Å². The van der Waals surface area contributed by atoms with Crippen LogP contribution in [-0.2, 0) is 25.7 Å². The average molecular weight is 296 g/mol. The van der Waals surface area contributed by atoms with Crippen molar-refractivity contribution in [3.63, 3.8) is 0 Å². The fraction of sp³-hybridized carbons (Fsp3) is 0.471. The van der Waals surface area contributed by atoms with Crippen LogP contribution in [0.2, 0.25) is 0 Å². The number of rotatable bonds is 1. The molecular formula is C17H20N4O. The fourth-order valence-corrected chi connectivity index (χ4v) is 3.71. The number of pyridine rings is 1. The number of nitrogens with one attached hydrogen (secondary N) is 1. The maximum Gasteiger partial charge on any atom is 0.331 e. The molecule has 2 heterocycles. The van der Waals surface area contributed by atoms with Crippen LogP contribution in [-0.4, -0.2) is 20.6 Å². The smallest absolute Gasteiger partial charge is 0.307 e. The van der Waals surface area contributed by atoms with E-state index in [2.05, 4.69) is 24.1 Å². The number of hydrogen-bond donors (Lipinski definition) is 1.